The van der Waals surface area contributed by atoms with Crippen LogP contribution in [-0.2, 0) is 14.3 Å². The Kier molecular flexibility index (Phi) is 6.15. The minimum Gasteiger partial charge on any atom is -0.550 e. The summed E-state index contributed by atoms with van der Waals surface area (Å²) in [6.45, 7) is -0.881. The van der Waals surface area contributed by atoms with E-state index in [1.165, 1.54) is 13.8 Å². The van der Waals surface area contributed by atoms with E-state index >= 15 is 0 Å². The van der Waals surface area contributed by atoms with Gasteiger partial charge in [-0.05, 0) is 43.0 Å². The van der Waals surface area contributed by atoms with Crippen molar-refractivity contribution in [1.82, 2.24) is 0 Å². The van der Waals surface area contributed by atoms with E-state index in [4.69, 9.17) is 18.4 Å². The summed E-state index contributed by atoms with van der Waals surface area (Å²) in [6, 6.07) is -4.00. The molecule has 3 N–H and O–H groups in total. The van der Waals surface area contributed by atoms with Crippen molar-refractivity contribution in [2.75, 3.05) is 0 Å². The largest absolute Gasteiger partial charge is 1.00 e. The molecule has 0 saturated heterocycles. The number of carboxylic acids is 1. The Morgan fingerprint density at radius 3 is 2.77 bits per heavy atom. The van der Waals surface area contributed by atoms with E-state index in [0.29, 0.717) is 0 Å². The van der Waals surface area contributed by atoms with Crippen LogP contribution < -0.4 is 34.7 Å². The third-order valence-corrected chi connectivity index (χ3v) is 4.83. The SMILES string of the molecule is [2H]C1=C([2H])[C@]([2H])(C([2H])([2H])[2H])[C@]([2H])(CC[C@@H](O)C[C@@H](O)CC(=O)[O-])[C@]2([2H])C1=C([2H])[C@@H](O)C([2H])([2H])[C@]2([2H])OC(=O)[C@@H](C)CC.[Na+]. The molecule has 8 heteroatoms. The molecule has 7 nitrogen and oxygen atoms in total. The number of allylic oxidation sites excluding steroid dienone is 2. The molecule has 0 heterocycles. The molecule has 0 aliphatic heterocycles. The van der Waals surface area contributed by atoms with Gasteiger partial charge in [0, 0.05) is 35.6 Å². The molecule has 170 valence electrons. The topological polar surface area (TPSA) is 127 Å². The summed E-state index contributed by atoms with van der Waals surface area (Å²) in [5, 5.41) is 41.9. The fourth-order valence-corrected chi connectivity index (χ4v) is 2.98. The molecule has 0 aromatic rings. The second kappa shape index (κ2) is 13.1. The van der Waals surface area contributed by atoms with Gasteiger partial charge in [-0.3, -0.25) is 4.79 Å². The summed E-state index contributed by atoms with van der Waals surface area (Å²) in [6.07, 6.45) is -16.8. The minimum atomic E-state index is -3.79. The van der Waals surface area contributed by atoms with Crippen molar-refractivity contribution in [2.24, 2.45) is 23.6 Å². The maximum atomic E-state index is 13.0. The summed E-state index contributed by atoms with van der Waals surface area (Å²) in [7, 11) is 0. The van der Waals surface area contributed by atoms with Crippen LogP contribution in [0.4, 0.5) is 0 Å². The van der Waals surface area contributed by atoms with Crippen LogP contribution in [0.15, 0.2) is 23.7 Å². The first-order chi connectivity index (χ1) is 18.8. The molecular formula is C23H35NaO7. The normalized spacial score (nSPS) is 48.4. The van der Waals surface area contributed by atoms with Crippen LogP contribution in [0.1, 0.15) is 75.6 Å². The maximum absolute atomic E-state index is 13.0. The van der Waals surface area contributed by atoms with Crippen LogP contribution in [0.25, 0.3) is 0 Å². The number of carboxylic acid groups (broad SMARTS) is 1. The van der Waals surface area contributed by atoms with Gasteiger partial charge >= 0.3 is 35.5 Å². The molecule has 0 radical (unpaired) electrons. The van der Waals surface area contributed by atoms with Crippen LogP contribution in [0.2, 0.25) is 0 Å². The Hall–Kier alpha value is -0.700. The molecule has 0 aromatic carbocycles. The van der Waals surface area contributed by atoms with Gasteiger partial charge in [-0.2, -0.15) is 0 Å². The van der Waals surface area contributed by atoms with Crippen molar-refractivity contribution in [1.29, 1.82) is 0 Å². The van der Waals surface area contributed by atoms with Crippen molar-refractivity contribution in [3.05, 3.63) is 23.7 Å². The fourth-order valence-electron chi connectivity index (χ4n) is 2.98. The number of carbonyl (C=O) groups is 2. The number of aliphatic carboxylic acids is 1. The van der Waals surface area contributed by atoms with Crippen LogP contribution >= 0.6 is 0 Å². The van der Waals surface area contributed by atoms with Crippen LogP contribution in [0.5, 0.6) is 0 Å². The zero-order chi connectivity index (χ0) is 33.0. The molecule has 2 aliphatic rings. The van der Waals surface area contributed by atoms with Crippen molar-refractivity contribution >= 4 is 11.9 Å². The first-order valence-electron chi connectivity index (χ1n) is 15.7. The van der Waals surface area contributed by atoms with Crippen LogP contribution in [0, 0.1) is 23.6 Å². The summed E-state index contributed by atoms with van der Waals surface area (Å²) >= 11 is 0. The van der Waals surface area contributed by atoms with Gasteiger partial charge in [-0.15, -0.1) is 0 Å². The fraction of sp³-hybridized carbons (Fsp3) is 0.739. The van der Waals surface area contributed by atoms with Gasteiger partial charge in [0.05, 0.1) is 29.7 Å². The molecule has 2 aliphatic carbocycles. The van der Waals surface area contributed by atoms with E-state index in [9.17, 15) is 32.8 Å². The summed E-state index contributed by atoms with van der Waals surface area (Å²) in [5.41, 5.74) is -1.17. The average Bonchev–Trinajstić information content (AvgIpc) is 2.86. The second-order valence-electron chi connectivity index (χ2n) is 7.26. The molecule has 31 heavy (non-hydrogen) atoms. The number of carbonyl (C=O) groups excluding carboxylic acids is 2. The summed E-state index contributed by atoms with van der Waals surface area (Å²) in [5.74, 6) is -14.7. The monoisotopic (exact) mass is 458 g/mol. The first-order valence-corrected chi connectivity index (χ1v) is 9.69. The van der Waals surface area contributed by atoms with Gasteiger partial charge in [0.1, 0.15) is 6.08 Å². The maximum Gasteiger partial charge on any atom is 1.00 e. The smallest absolute Gasteiger partial charge is 0.550 e. The quantitative estimate of drug-likeness (QED) is 0.258. The Balaban J connectivity index is 0.00000924. The van der Waals surface area contributed by atoms with E-state index in [0.717, 1.165) is 0 Å². The van der Waals surface area contributed by atoms with E-state index in [-0.39, 0.29) is 36.0 Å². The summed E-state index contributed by atoms with van der Waals surface area (Å²) < 4.78 is 109. The third kappa shape index (κ3) is 8.30. The molecule has 0 amide bonds. The van der Waals surface area contributed by atoms with E-state index < -0.39 is 123 Å². The molecule has 0 aromatic heterocycles. The number of fused-ring (bicyclic) bond motifs is 1. The Labute approximate surface area is 223 Å². The van der Waals surface area contributed by atoms with E-state index in [2.05, 4.69) is 0 Å². The molecular weight excluding hydrogens is 411 g/mol. The zero-order valence-corrected chi connectivity index (χ0v) is 19.8. The number of aliphatic hydroxyl groups is 3. The van der Waals surface area contributed by atoms with Gasteiger partial charge in [0.25, 0.3) is 0 Å². The summed E-state index contributed by atoms with van der Waals surface area (Å²) in [4.78, 5) is 23.7. The molecule has 8 atom stereocenters. The Bertz CT molecular complexity index is 1170. The Morgan fingerprint density at radius 1 is 1.45 bits per heavy atom. The predicted molar refractivity (Wildman–Crippen MR) is 109 cm³/mol. The number of ether oxygens (including phenoxy) is 1. The van der Waals surface area contributed by atoms with Gasteiger partial charge in [0.15, 0.2) is 0 Å². The molecule has 2 rings (SSSR count). The first kappa shape index (κ1) is 14.5. The molecule has 0 bridgehead atoms. The standard InChI is InChI=1S/C23H36O7.Na/c1-4-13(2)23(29)30-20-11-17(25)9-15-6-5-14(3)19(22(15)20)8-7-16(24)10-18(26)12-21(27)28;/h5-6,9,13-14,16-20,22,24-26H,4,7-8,10-12H2,1-3H3,(H,27,28);/q;+1/p-1/t13-,14-,16+,17+,18+,19-,20-,22-;/m0./s1/i3D3,5D,6D,9D,11D2,14D,19D,20D,22D;. The number of aliphatic hydroxyl groups excluding tert-OH is 3. The van der Waals surface area contributed by atoms with Crippen molar-refractivity contribution < 1.29 is 80.8 Å². The number of hydrogen-bond acceptors (Lipinski definition) is 7. The molecule has 0 fully saturated rings. The van der Waals surface area contributed by atoms with E-state index in [1.54, 1.807) is 0 Å². The van der Waals surface area contributed by atoms with Gasteiger partial charge in [0.2, 0.25) is 0 Å². The molecule has 0 unspecified atom stereocenters. The van der Waals surface area contributed by atoms with Gasteiger partial charge in [-0.1, -0.05) is 38.9 Å². The van der Waals surface area contributed by atoms with E-state index in [1.807, 2.05) is 0 Å². The molecule has 0 spiro atoms. The van der Waals surface area contributed by atoms with Crippen molar-refractivity contribution in [2.45, 2.75) is 83.6 Å². The Morgan fingerprint density at radius 2 is 2.16 bits per heavy atom. The van der Waals surface area contributed by atoms with Crippen LogP contribution in [0.3, 0.4) is 0 Å². The van der Waals surface area contributed by atoms with Crippen molar-refractivity contribution in [3.63, 3.8) is 0 Å². The number of hydrogen-bond donors (Lipinski definition) is 3. The minimum absolute atomic E-state index is 0. The van der Waals surface area contributed by atoms with Gasteiger partial charge in [-0.25, -0.2) is 0 Å². The number of esters is 1. The molecule has 0 saturated carbocycles. The predicted octanol–water partition coefficient (Wildman–Crippen LogP) is -1.89. The average molecular weight is 459 g/mol. The van der Waals surface area contributed by atoms with Crippen molar-refractivity contribution in [3.8, 4) is 0 Å². The van der Waals surface area contributed by atoms with Gasteiger partial charge < -0.3 is 30.0 Å². The third-order valence-electron chi connectivity index (χ3n) is 4.83. The number of rotatable bonds is 10. The second-order valence-corrected chi connectivity index (χ2v) is 7.26. The van der Waals surface area contributed by atoms with Crippen LogP contribution in [-0.4, -0.2) is 51.7 Å². The zero-order valence-electron chi connectivity index (χ0n) is 29.8.